The Balaban J connectivity index is 1.95. The van der Waals surface area contributed by atoms with Gasteiger partial charge in [-0.1, -0.05) is 43.9 Å². The number of pyridine rings is 1. The molecule has 0 spiro atoms. The summed E-state index contributed by atoms with van der Waals surface area (Å²) in [4.78, 5) is 7.23. The predicted molar refractivity (Wildman–Crippen MR) is 89.5 cm³/mol. The fraction of sp³-hybridized carbons (Fsp3) is 0.500. The summed E-state index contributed by atoms with van der Waals surface area (Å²) in [6.07, 6.45) is 8.00. The van der Waals surface area contributed by atoms with Gasteiger partial charge in [0.05, 0.1) is 5.52 Å². The molecule has 3 nitrogen and oxygen atoms in total. The number of benzene rings is 1. The molecule has 112 valence electrons. The molecule has 0 unspecified atom stereocenters. The Kier molecular flexibility index (Phi) is 4.39. The summed E-state index contributed by atoms with van der Waals surface area (Å²) in [6.45, 7) is 0.564. The highest BCUT2D eigenvalue weighted by molar-refractivity contribution is 5.84. The van der Waals surface area contributed by atoms with E-state index in [0.717, 1.165) is 11.3 Å². The van der Waals surface area contributed by atoms with Gasteiger partial charge in [0.2, 0.25) is 0 Å². The first kappa shape index (κ1) is 14.3. The average Bonchev–Trinajstić information content (AvgIpc) is 2.82. The van der Waals surface area contributed by atoms with Crippen LogP contribution < -0.4 is 10.6 Å². The quantitative estimate of drug-likeness (QED) is 0.870. The van der Waals surface area contributed by atoms with Crippen LogP contribution in [0.5, 0.6) is 0 Å². The van der Waals surface area contributed by atoms with Gasteiger partial charge < -0.3 is 10.6 Å². The molecule has 0 atom stereocenters. The summed E-state index contributed by atoms with van der Waals surface area (Å²) in [6, 6.07) is 11.1. The van der Waals surface area contributed by atoms with Gasteiger partial charge in [-0.05, 0) is 30.5 Å². The maximum absolute atomic E-state index is 5.94. The Bertz CT molecular complexity index is 600. The zero-order chi connectivity index (χ0) is 14.7. The number of hydrogen-bond acceptors (Lipinski definition) is 3. The average molecular weight is 283 g/mol. The van der Waals surface area contributed by atoms with Crippen molar-refractivity contribution in [2.24, 2.45) is 5.73 Å². The normalized spacial score (nSPS) is 16.9. The third kappa shape index (κ3) is 3.03. The topological polar surface area (TPSA) is 42.1 Å². The van der Waals surface area contributed by atoms with Crippen molar-refractivity contribution in [1.82, 2.24) is 4.98 Å². The van der Waals surface area contributed by atoms with Crippen LogP contribution in [0.15, 0.2) is 30.3 Å². The highest BCUT2D eigenvalue weighted by Crippen LogP contribution is 2.27. The van der Waals surface area contributed by atoms with Gasteiger partial charge in [0.1, 0.15) is 5.82 Å². The van der Waals surface area contributed by atoms with Crippen molar-refractivity contribution >= 4 is 16.7 Å². The van der Waals surface area contributed by atoms with Gasteiger partial charge in [-0.3, -0.25) is 0 Å². The van der Waals surface area contributed by atoms with Crippen molar-refractivity contribution in [1.29, 1.82) is 0 Å². The van der Waals surface area contributed by atoms with Gasteiger partial charge in [-0.15, -0.1) is 0 Å². The first-order valence-electron chi connectivity index (χ1n) is 8.11. The fourth-order valence-corrected chi connectivity index (χ4v) is 3.41. The molecule has 1 aromatic carbocycles. The first-order valence-corrected chi connectivity index (χ1v) is 8.11. The number of anilines is 1. The monoisotopic (exact) mass is 283 g/mol. The van der Waals surface area contributed by atoms with Crippen LogP contribution in [-0.2, 0) is 6.54 Å². The molecule has 0 amide bonds. The molecule has 0 bridgehead atoms. The van der Waals surface area contributed by atoms with Crippen LogP contribution in [0.3, 0.4) is 0 Å². The van der Waals surface area contributed by atoms with Crippen molar-refractivity contribution in [3.05, 3.63) is 35.9 Å². The molecule has 1 heterocycles. The SMILES string of the molecule is CN(c1cc(CN)c2ccccc2n1)C1CCCCCC1. The number of aromatic nitrogens is 1. The van der Waals surface area contributed by atoms with Crippen molar-refractivity contribution in [2.45, 2.75) is 51.1 Å². The molecule has 21 heavy (non-hydrogen) atoms. The minimum atomic E-state index is 0.564. The predicted octanol–water partition coefficient (Wildman–Crippen LogP) is 3.85. The van der Waals surface area contributed by atoms with Crippen molar-refractivity contribution in [3.63, 3.8) is 0 Å². The minimum Gasteiger partial charge on any atom is -0.357 e. The number of nitrogens with zero attached hydrogens (tertiary/aromatic N) is 2. The van der Waals surface area contributed by atoms with Gasteiger partial charge >= 0.3 is 0 Å². The van der Waals surface area contributed by atoms with E-state index in [9.17, 15) is 0 Å². The van der Waals surface area contributed by atoms with E-state index >= 15 is 0 Å². The van der Waals surface area contributed by atoms with Crippen LogP contribution in [0.25, 0.3) is 10.9 Å². The number of para-hydroxylation sites is 1. The smallest absolute Gasteiger partial charge is 0.129 e. The molecular formula is C18H25N3. The van der Waals surface area contributed by atoms with Crippen LogP contribution in [-0.4, -0.2) is 18.1 Å². The van der Waals surface area contributed by atoms with Gasteiger partial charge in [0.15, 0.2) is 0 Å². The lowest BCUT2D eigenvalue weighted by molar-refractivity contribution is 0.549. The Morgan fingerprint density at radius 2 is 1.86 bits per heavy atom. The van der Waals surface area contributed by atoms with Crippen molar-refractivity contribution in [2.75, 3.05) is 11.9 Å². The van der Waals surface area contributed by atoms with E-state index in [-0.39, 0.29) is 0 Å². The van der Waals surface area contributed by atoms with Gasteiger partial charge in [0.25, 0.3) is 0 Å². The summed E-state index contributed by atoms with van der Waals surface area (Å²) in [5, 5.41) is 1.18. The van der Waals surface area contributed by atoms with E-state index in [1.54, 1.807) is 0 Å². The zero-order valence-electron chi connectivity index (χ0n) is 12.9. The molecular weight excluding hydrogens is 258 g/mol. The highest BCUT2D eigenvalue weighted by atomic mass is 15.2. The first-order chi connectivity index (χ1) is 10.3. The number of rotatable bonds is 3. The third-order valence-corrected chi connectivity index (χ3v) is 4.74. The van der Waals surface area contributed by atoms with Crippen molar-refractivity contribution < 1.29 is 0 Å². The van der Waals surface area contributed by atoms with Crippen LogP contribution in [0, 0.1) is 0 Å². The molecule has 2 N–H and O–H groups in total. The maximum atomic E-state index is 5.94. The molecule has 0 aliphatic heterocycles. The lowest BCUT2D eigenvalue weighted by Gasteiger charge is -2.29. The molecule has 1 aliphatic rings. The number of nitrogens with two attached hydrogens (primary N) is 1. The Labute approximate surface area is 127 Å². The standard InChI is InChI=1S/C18H25N3/c1-21(15-8-4-2-3-5-9-15)18-12-14(13-19)16-10-6-7-11-17(16)20-18/h6-7,10-12,15H,2-5,8-9,13,19H2,1H3. The molecule has 2 aromatic rings. The summed E-state index contributed by atoms with van der Waals surface area (Å²) >= 11 is 0. The van der Waals surface area contributed by atoms with E-state index in [0.29, 0.717) is 12.6 Å². The summed E-state index contributed by atoms with van der Waals surface area (Å²) < 4.78 is 0. The Hall–Kier alpha value is -1.61. The Morgan fingerprint density at radius 3 is 2.57 bits per heavy atom. The second-order valence-electron chi connectivity index (χ2n) is 6.12. The molecule has 3 heteroatoms. The van der Waals surface area contributed by atoms with Crippen LogP contribution >= 0.6 is 0 Å². The highest BCUT2D eigenvalue weighted by Gasteiger charge is 2.19. The lowest BCUT2D eigenvalue weighted by Crippen LogP contribution is -2.31. The van der Waals surface area contributed by atoms with E-state index < -0.39 is 0 Å². The lowest BCUT2D eigenvalue weighted by atomic mass is 10.1. The third-order valence-electron chi connectivity index (χ3n) is 4.74. The summed E-state index contributed by atoms with van der Waals surface area (Å²) in [5.74, 6) is 1.07. The van der Waals surface area contributed by atoms with Crippen molar-refractivity contribution in [3.8, 4) is 0 Å². The summed E-state index contributed by atoms with van der Waals surface area (Å²) in [7, 11) is 2.19. The molecule has 1 aliphatic carbocycles. The largest absolute Gasteiger partial charge is 0.357 e. The van der Waals surface area contributed by atoms with E-state index in [1.807, 2.05) is 6.07 Å². The number of fused-ring (bicyclic) bond motifs is 1. The molecule has 0 radical (unpaired) electrons. The zero-order valence-corrected chi connectivity index (χ0v) is 12.9. The molecule has 0 saturated heterocycles. The van der Waals surface area contributed by atoms with Gasteiger partial charge in [-0.25, -0.2) is 4.98 Å². The second-order valence-corrected chi connectivity index (χ2v) is 6.12. The fourth-order valence-electron chi connectivity index (χ4n) is 3.41. The van der Waals surface area contributed by atoms with Gasteiger partial charge in [0, 0.05) is 25.0 Å². The van der Waals surface area contributed by atoms with Crippen LogP contribution in [0.4, 0.5) is 5.82 Å². The van der Waals surface area contributed by atoms with E-state index in [4.69, 9.17) is 10.7 Å². The van der Waals surface area contributed by atoms with Gasteiger partial charge in [-0.2, -0.15) is 0 Å². The van der Waals surface area contributed by atoms with E-state index in [1.165, 1.54) is 49.5 Å². The molecule has 1 aromatic heterocycles. The molecule has 3 rings (SSSR count). The van der Waals surface area contributed by atoms with Crippen LogP contribution in [0.1, 0.15) is 44.1 Å². The maximum Gasteiger partial charge on any atom is 0.129 e. The second kappa shape index (κ2) is 6.44. The van der Waals surface area contributed by atoms with Crippen LogP contribution in [0.2, 0.25) is 0 Å². The summed E-state index contributed by atoms with van der Waals surface area (Å²) in [5.41, 5.74) is 8.18. The number of hydrogen-bond donors (Lipinski definition) is 1. The molecule has 1 saturated carbocycles. The Morgan fingerprint density at radius 1 is 1.14 bits per heavy atom. The molecule has 1 fully saturated rings. The minimum absolute atomic E-state index is 0.564. The van der Waals surface area contributed by atoms with E-state index in [2.05, 4.69) is 36.2 Å².